The zero-order chi connectivity index (χ0) is 22.3. The van der Waals surface area contributed by atoms with Crippen LogP contribution in [-0.4, -0.2) is 64.2 Å². The molecule has 30 heavy (non-hydrogen) atoms. The first-order chi connectivity index (χ1) is 14.3. The Morgan fingerprint density at radius 1 is 1.10 bits per heavy atom. The number of para-hydroxylation sites is 1. The number of H-pyrrole nitrogens is 1. The van der Waals surface area contributed by atoms with Crippen molar-refractivity contribution in [3.63, 3.8) is 0 Å². The number of aliphatic carboxylic acids is 1. The third kappa shape index (κ3) is 5.97. The van der Waals surface area contributed by atoms with Crippen LogP contribution >= 0.6 is 12.6 Å². The van der Waals surface area contributed by atoms with Crippen LogP contribution in [0, 0.1) is 0 Å². The normalized spacial score (nSPS) is 13.8. The maximum Gasteiger partial charge on any atom is 0.325 e. The lowest BCUT2D eigenvalue weighted by atomic mass is 10.0. The molecule has 10 nitrogen and oxygen atoms in total. The topological polar surface area (TPSA) is 166 Å². The van der Waals surface area contributed by atoms with E-state index in [1.165, 1.54) is 6.92 Å². The van der Waals surface area contributed by atoms with Gasteiger partial charge in [0.15, 0.2) is 0 Å². The summed E-state index contributed by atoms with van der Waals surface area (Å²) in [6, 6.07) is 4.24. The minimum Gasteiger partial charge on any atom is -0.480 e. The van der Waals surface area contributed by atoms with Gasteiger partial charge in [0.2, 0.25) is 17.7 Å². The Bertz CT molecular complexity index is 931. The molecular formula is C19H25N5O5S. The summed E-state index contributed by atoms with van der Waals surface area (Å²) in [5, 5.41) is 17.3. The summed E-state index contributed by atoms with van der Waals surface area (Å²) in [5.74, 6) is -3.04. The van der Waals surface area contributed by atoms with E-state index in [1.54, 1.807) is 6.20 Å². The Morgan fingerprint density at radius 3 is 2.40 bits per heavy atom. The molecule has 3 unspecified atom stereocenters. The summed E-state index contributed by atoms with van der Waals surface area (Å²) in [6.45, 7) is 1.02. The van der Waals surface area contributed by atoms with Crippen LogP contribution in [-0.2, 0) is 25.6 Å². The van der Waals surface area contributed by atoms with Gasteiger partial charge in [-0.25, -0.2) is 0 Å². The van der Waals surface area contributed by atoms with E-state index >= 15 is 0 Å². The number of fused-ring (bicyclic) bond motifs is 1. The average molecular weight is 436 g/mol. The maximum atomic E-state index is 12.7. The maximum absolute atomic E-state index is 12.7. The van der Waals surface area contributed by atoms with Gasteiger partial charge < -0.3 is 31.8 Å². The molecule has 0 radical (unpaired) electrons. The Kier molecular flexibility index (Phi) is 8.25. The number of hydrogen-bond acceptors (Lipinski definition) is 6. The highest BCUT2D eigenvalue weighted by Gasteiger charge is 2.28. The fraction of sp³-hybridized carbons (Fsp3) is 0.368. The molecule has 0 aliphatic carbocycles. The molecule has 0 saturated heterocycles. The number of thiol groups is 1. The number of aromatic nitrogens is 1. The number of aromatic amines is 1. The highest BCUT2D eigenvalue weighted by atomic mass is 32.1. The largest absolute Gasteiger partial charge is 0.480 e. The first-order valence-corrected chi connectivity index (χ1v) is 9.88. The van der Waals surface area contributed by atoms with E-state index in [0.29, 0.717) is 0 Å². The van der Waals surface area contributed by atoms with Gasteiger partial charge in [0.25, 0.3) is 0 Å². The molecule has 1 aromatic heterocycles. The molecule has 2 aromatic rings. The summed E-state index contributed by atoms with van der Waals surface area (Å²) in [7, 11) is 0. The Morgan fingerprint density at radius 2 is 1.77 bits per heavy atom. The number of nitrogens with two attached hydrogens (primary N) is 1. The smallest absolute Gasteiger partial charge is 0.325 e. The van der Waals surface area contributed by atoms with Crippen LogP contribution in [0.1, 0.15) is 12.5 Å². The fourth-order valence-electron chi connectivity index (χ4n) is 2.83. The third-order valence-corrected chi connectivity index (χ3v) is 4.85. The molecule has 0 aliphatic rings. The first kappa shape index (κ1) is 23.2. The van der Waals surface area contributed by atoms with Crippen LogP contribution in [0.25, 0.3) is 10.9 Å². The van der Waals surface area contributed by atoms with E-state index in [-0.39, 0.29) is 18.7 Å². The molecule has 7 N–H and O–H groups in total. The molecule has 3 amide bonds. The van der Waals surface area contributed by atoms with Gasteiger partial charge in [0.1, 0.15) is 18.1 Å². The molecule has 2 rings (SSSR count). The molecule has 0 fully saturated rings. The third-order valence-electron chi connectivity index (χ3n) is 4.48. The predicted molar refractivity (Wildman–Crippen MR) is 114 cm³/mol. The molecule has 11 heteroatoms. The van der Waals surface area contributed by atoms with Crippen molar-refractivity contribution in [2.24, 2.45) is 5.73 Å². The monoisotopic (exact) mass is 435 g/mol. The number of carboxylic acid groups (broad SMARTS) is 1. The second-order valence-corrected chi connectivity index (χ2v) is 7.07. The summed E-state index contributed by atoms with van der Waals surface area (Å²) in [5.41, 5.74) is 6.89. The predicted octanol–water partition coefficient (Wildman–Crippen LogP) is -0.842. The second kappa shape index (κ2) is 10.6. The second-order valence-electron chi connectivity index (χ2n) is 6.70. The molecule has 0 spiro atoms. The average Bonchev–Trinajstić information content (AvgIpc) is 3.13. The number of benzene rings is 1. The van der Waals surface area contributed by atoms with Crippen LogP contribution in [0.15, 0.2) is 30.5 Å². The van der Waals surface area contributed by atoms with Gasteiger partial charge in [-0.15, -0.1) is 0 Å². The van der Waals surface area contributed by atoms with Gasteiger partial charge in [-0.2, -0.15) is 12.6 Å². The van der Waals surface area contributed by atoms with Crippen molar-refractivity contribution in [2.45, 2.75) is 31.5 Å². The minimum atomic E-state index is -1.20. The van der Waals surface area contributed by atoms with E-state index in [4.69, 9.17) is 10.8 Å². The molecule has 0 bridgehead atoms. The van der Waals surface area contributed by atoms with Gasteiger partial charge in [0.05, 0.1) is 6.54 Å². The van der Waals surface area contributed by atoms with Crippen molar-refractivity contribution >= 4 is 47.2 Å². The van der Waals surface area contributed by atoms with Crippen molar-refractivity contribution in [3.05, 3.63) is 36.0 Å². The lowest BCUT2D eigenvalue weighted by Gasteiger charge is -2.23. The molecule has 162 valence electrons. The number of hydrogen-bond donors (Lipinski definition) is 7. The number of rotatable bonds is 10. The SMILES string of the molecule is CC(NC(=O)C(Cc1c[nH]c2ccccc12)NC(=O)C(CS)NC(=O)CN)C(=O)O. The van der Waals surface area contributed by atoms with Crippen molar-refractivity contribution in [1.29, 1.82) is 0 Å². The van der Waals surface area contributed by atoms with Crippen molar-refractivity contribution in [1.82, 2.24) is 20.9 Å². The van der Waals surface area contributed by atoms with E-state index in [9.17, 15) is 19.2 Å². The molecule has 1 heterocycles. The summed E-state index contributed by atoms with van der Waals surface area (Å²) < 4.78 is 0. The Balaban J connectivity index is 2.24. The van der Waals surface area contributed by atoms with Crippen molar-refractivity contribution in [3.8, 4) is 0 Å². The lowest BCUT2D eigenvalue weighted by Crippen LogP contribution is -2.57. The molecular weight excluding hydrogens is 410 g/mol. The Labute approximate surface area is 178 Å². The summed E-state index contributed by atoms with van der Waals surface area (Å²) >= 11 is 4.06. The number of nitrogens with one attached hydrogen (secondary N) is 4. The van der Waals surface area contributed by atoms with E-state index < -0.39 is 41.8 Å². The number of carboxylic acids is 1. The zero-order valence-corrected chi connectivity index (χ0v) is 17.2. The zero-order valence-electron chi connectivity index (χ0n) is 16.3. The van der Waals surface area contributed by atoms with E-state index in [1.807, 2.05) is 24.3 Å². The van der Waals surface area contributed by atoms with E-state index in [0.717, 1.165) is 16.5 Å². The summed E-state index contributed by atoms with van der Waals surface area (Å²) in [4.78, 5) is 51.1. The van der Waals surface area contributed by atoms with Gasteiger partial charge >= 0.3 is 5.97 Å². The van der Waals surface area contributed by atoms with Crippen LogP contribution < -0.4 is 21.7 Å². The lowest BCUT2D eigenvalue weighted by molar-refractivity contribution is -0.141. The van der Waals surface area contributed by atoms with Crippen molar-refractivity contribution in [2.75, 3.05) is 12.3 Å². The molecule has 0 aliphatic heterocycles. The first-order valence-electron chi connectivity index (χ1n) is 9.25. The Hall–Kier alpha value is -3.05. The minimum absolute atomic E-state index is 0.00940. The van der Waals surface area contributed by atoms with E-state index in [2.05, 4.69) is 33.6 Å². The van der Waals surface area contributed by atoms with Gasteiger partial charge in [-0.05, 0) is 18.6 Å². The van der Waals surface area contributed by atoms with Crippen LogP contribution in [0.5, 0.6) is 0 Å². The highest BCUT2D eigenvalue weighted by Crippen LogP contribution is 2.19. The summed E-state index contributed by atoms with van der Waals surface area (Å²) in [6.07, 6.45) is 1.84. The quantitative estimate of drug-likeness (QED) is 0.240. The van der Waals surface area contributed by atoms with Crippen LogP contribution in [0.4, 0.5) is 0 Å². The standard InChI is InChI=1S/C19H25N5O5S/c1-10(19(28)29)22-17(26)14(24-18(27)15(9-30)23-16(25)7-20)6-11-8-21-13-5-3-2-4-12(11)13/h2-5,8,10,14-15,21,30H,6-7,9,20H2,1H3,(H,22,26)(H,23,25)(H,24,27)(H,28,29). The van der Waals surface area contributed by atoms with Gasteiger partial charge in [-0.3, -0.25) is 19.2 Å². The molecule has 3 atom stereocenters. The number of carbonyl (C=O) groups excluding carboxylic acids is 3. The van der Waals surface area contributed by atoms with Crippen molar-refractivity contribution < 1.29 is 24.3 Å². The van der Waals surface area contributed by atoms with Crippen LogP contribution in [0.3, 0.4) is 0 Å². The number of carbonyl (C=O) groups is 4. The molecule has 1 aromatic carbocycles. The van der Waals surface area contributed by atoms with Gasteiger partial charge in [-0.1, -0.05) is 18.2 Å². The fourth-order valence-corrected chi connectivity index (χ4v) is 3.08. The molecule has 0 saturated carbocycles. The number of amides is 3. The van der Waals surface area contributed by atoms with Crippen LogP contribution in [0.2, 0.25) is 0 Å². The van der Waals surface area contributed by atoms with Gasteiger partial charge in [0, 0.05) is 29.3 Å². The highest BCUT2D eigenvalue weighted by molar-refractivity contribution is 7.80.